The molecule has 0 spiro atoms. The molecular formula is C17H26N2O. The van der Waals surface area contributed by atoms with Crippen molar-refractivity contribution in [1.29, 1.82) is 0 Å². The molecule has 0 bridgehead atoms. The maximum absolute atomic E-state index is 5.36. The highest BCUT2D eigenvalue weighted by Gasteiger charge is 2.30. The van der Waals surface area contributed by atoms with Crippen molar-refractivity contribution >= 4 is 0 Å². The Morgan fingerprint density at radius 1 is 1.35 bits per heavy atom. The van der Waals surface area contributed by atoms with Crippen LogP contribution in [0.3, 0.4) is 0 Å². The minimum Gasteiger partial charge on any atom is -0.497 e. The van der Waals surface area contributed by atoms with Crippen LogP contribution < -0.4 is 10.1 Å². The maximum Gasteiger partial charge on any atom is 0.119 e. The van der Waals surface area contributed by atoms with Crippen LogP contribution in [0.2, 0.25) is 0 Å². The summed E-state index contributed by atoms with van der Waals surface area (Å²) in [5.74, 6) is 0.973. The molecule has 2 aliphatic rings. The monoisotopic (exact) mass is 274 g/mol. The predicted octanol–water partition coefficient (Wildman–Crippen LogP) is 2.75. The van der Waals surface area contributed by atoms with Gasteiger partial charge in [0.05, 0.1) is 7.11 Å². The smallest absolute Gasteiger partial charge is 0.119 e. The van der Waals surface area contributed by atoms with Crippen molar-refractivity contribution in [3.8, 4) is 5.75 Å². The van der Waals surface area contributed by atoms with Gasteiger partial charge < -0.3 is 10.1 Å². The number of hydrogen-bond donors (Lipinski definition) is 1. The Hall–Kier alpha value is -1.06. The van der Waals surface area contributed by atoms with Crippen LogP contribution in [0.4, 0.5) is 0 Å². The third-order valence-corrected chi connectivity index (χ3v) is 4.91. The van der Waals surface area contributed by atoms with Crippen molar-refractivity contribution in [2.24, 2.45) is 0 Å². The lowest BCUT2D eigenvalue weighted by Gasteiger charge is -2.26. The van der Waals surface area contributed by atoms with Gasteiger partial charge >= 0.3 is 0 Å². The van der Waals surface area contributed by atoms with Gasteiger partial charge in [-0.25, -0.2) is 0 Å². The van der Waals surface area contributed by atoms with Gasteiger partial charge in [0, 0.05) is 24.7 Å². The zero-order valence-corrected chi connectivity index (χ0v) is 12.9. The molecule has 1 fully saturated rings. The first kappa shape index (κ1) is 13.9. The maximum atomic E-state index is 5.36. The van der Waals surface area contributed by atoms with Gasteiger partial charge in [-0.1, -0.05) is 6.07 Å². The number of ether oxygens (including phenoxy) is 1. The van der Waals surface area contributed by atoms with Crippen molar-refractivity contribution in [1.82, 2.24) is 10.2 Å². The Kier molecular flexibility index (Phi) is 3.99. The molecule has 2 unspecified atom stereocenters. The van der Waals surface area contributed by atoms with Crippen molar-refractivity contribution < 1.29 is 4.74 Å². The predicted molar refractivity (Wildman–Crippen MR) is 82.3 cm³/mol. The molecule has 1 aromatic rings. The van der Waals surface area contributed by atoms with Crippen LogP contribution in [0.25, 0.3) is 0 Å². The van der Waals surface area contributed by atoms with E-state index in [-0.39, 0.29) is 0 Å². The second-order valence-corrected chi connectivity index (χ2v) is 6.31. The zero-order valence-electron chi connectivity index (χ0n) is 12.9. The largest absolute Gasteiger partial charge is 0.497 e. The third-order valence-electron chi connectivity index (χ3n) is 4.91. The number of rotatable bonds is 6. The van der Waals surface area contributed by atoms with Crippen molar-refractivity contribution in [3.63, 3.8) is 0 Å². The number of aryl methyl sites for hydroxylation is 1. The van der Waals surface area contributed by atoms with E-state index < -0.39 is 0 Å². The summed E-state index contributed by atoms with van der Waals surface area (Å²) in [6.07, 6.45) is 5.15. The van der Waals surface area contributed by atoms with E-state index in [1.165, 1.54) is 36.8 Å². The first-order chi connectivity index (χ1) is 9.69. The number of hydrogen-bond acceptors (Lipinski definition) is 3. The van der Waals surface area contributed by atoms with Gasteiger partial charge in [-0.15, -0.1) is 0 Å². The standard InChI is InChI=1S/C17H26N2O/c1-12(19(2)14-6-7-14)11-18-17-9-5-13-4-8-15(20-3)10-16(13)17/h4,8,10,12,14,17-18H,5-7,9,11H2,1-3H3. The summed E-state index contributed by atoms with van der Waals surface area (Å²) >= 11 is 0. The minimum atomic E-state index is 0.496. The number of likely N-dealkylation sites (N-methyl/N-ethyl adjacent to an activating group) is 1. The van der Waals surface area contributed by atoms with Crippen LogP contribution in [0.1, 0.15) is 43.4 Å². The van der Waals surface area contributed by atoms with Crippen LogP contribution >= 0.6 is 0 Å². The Labute approximate surface area is 122 Å². The summed E-state index contributed by atoms with van der Waals surface area (Å²) in [5.41, 5.74) is 2.91. The summed E-state index contributed by atoms with van der Waals surface area (Å²) < 4.78 is 5.36. The summed E-state index contributed by atoms with van der Waals surface area (Å²) in [6.45, 7) is 3.39. The highest BCUT2D eigenvalue weighted by Crippen LogP contribution is 2.34. The lowest BCUT2D eigenvalue weighted by molar-refractivity contribution is 0.235. The van der Waals surface area contributed by atoms with Crippen LogP contribution in [0.5, 0.6) is 5.75 Å². The number of methoxy groups -OCH3 is 1. The SMILES string of the molecule is COc1ccc2c(c1)C(NCC(C)N(C)C1CC1)CC2. The average Bonchev–Trinajstić information content (AvgIpc) is 3.25. The summed E-state index contributed by atoms with van der Waals surface area (Å²) in [7, 11) is 4.00. The number of benzene rings is 1. The average molecular weight is 274 g/mol. The molecule has 2 atom stereocenters. The summed E-state index contributed by atoms with van der Waals surface area (Å²) in [6, 6.07) is 8.44. The van der Waals surface area contributed by atoms with E-state index >= 15 is 0 Å². The molecule has 3 nitrogen and oxygen atoms in total. The Morgan fingerprint density at radius 3 is 2.85 bits per heavy atom. The first-order valence-electron chi connectivity index (χ1n) is 7.81. The molecule has 1 aromatic carbocycles. The fourth-order valence-electron chi connectivity index (χ4n) is 3.22. The van der Waals surface area contributed by atoms with Gasteiger partial charge in [0.15, 0.2) is 0 Å². The normalized spacial score (nSPS) is 22.9. The summed E-state index contributed by atoms with van der Waals surface area (Å²) in [5, 5.41) is 3.76. The molecule has 1 saturated carbocycles. The highest BCUT2D eigenvalue weighted by atomic mass is 16.5. The van der Waals surface area contributed by atoms with Crippen molar-refractivity contribution in [2.45, 2.75) is 50.7 Å². The van der Waals surface area contributed by atoms with Crippen LogP contribution in [-0.4, -0.2) is 37.7 Å². The molecule has 0 radical (unpaired) electrons. The number of fused-ring (bicyclic) bond motifs is 1. The van der Waals surface area contributed by atoms with Crippen LogP contribution in [-0.2, 0) is 6.42 Å². The molecule has 2 aliphatic carbocycles. The minimum absolute atomic E-state index is 0.496. The van der Waals surface area contributed by atoms with E-state index in [9.17, 15) is 0 Å². The second kappa shape index (κ2) is 5.74. The fraction of sp³-hybridized carbons (Fsp3) is 0.647. The molecule has 0 aliphatic heterocycles. The Bertz CT molecular complexity index is 470. The number of nitrogens with zero attached hydrogens (tertiary/aromatic N) is 1. The van der Waals surface area contributed by atoms with E-state index in [2.05, 4.69) is 42.4 Å². The van der Waals surface area contributed by atoms with Crippen LogP contribution in [0.15, 0.2) is 18.2 Å². The van der Waals surface area contributed by atoms with Gasteiger partial charge in [-0.2, -0.15) is 0 Å². The van der Waals surface area contributed by atoms with Crippen molar-refractivity contribution in [3.05, 3.63) is 29.3 Å². The highest BCUT2D eigenvalue weighted by molar-refractivity contribution is 5.40. The molecule has 110 valence electrons. The molecule has 3 heteroatoms. The van der Waals surface area contributed by atoms with E-state index in [1.807, 2.05) is 0 Å². The molecule has 0 heterocycles. The number of nitrogens with one attached hydrogen (secondary N) is 1. The van der Waals surface area contributed by atoms with Gasteiger partial charge in [-0.3, -0.25) is 4.90 Å². The van der Waals surface area contributed by atoms with E-state index in [1.54, 1.807) is 7.11 Å². The summed E-state index contributed by atoms with van der Waals surface area (Å²) in [4.78, 5) is 2.52. The molecule has 3 rings (SSSR count). The Morgan fingerprint density at radius 2 is 2.15 bits per heavy atom. The third kappa shape index (κ3) is 2.84. The lowest BCUT2D eigenvalue weighted by atomic mass is 10.1. The molecule has 0 saturated heterocycles. The van der Waals surface area contributed by atoms with E-state index in [4.69, 9.17) is 4.74 Å². The van der Waals surface area contributed by atoms with Gasteiger partial charge in [0.25, 0.3) is 0 Å². The van der Waals surface area contributed by atoms with Crippen molar-refractivity contribution in [2.75, 3.05) is 20.7 Å². The Balaban J connectivity index is 1.59. The molecule has 0 amide bonds. The molecule has 20 heavy (non-hydrogen) atoms. The lowest BCUT2D eigenvalue weighted by Crippen LogP contribution is -2.40. The molecule has 0 aromatic heterocycles. The second-order valence-electron chi connectivity index (χ2n) is 6.31. The van der Waals surface area contributed by atoms with E-state index in [0.717, 1.165) is 18.3 Å². The quantitative estimate of drug-likeness (QED) is 0.863. The fourth-order valence-corrected chi connectivity index (χ4v) is 3.22. The first-order valence-corrected chi connectivity index (χ1v) is 7.81. The van der Waals surface area contributed by atoms with Crippen LogP contribution in [0, 0.1) is 0 Å². The zero-order chi connectivity index (χ0) is 14.1. The topological polar surface area (TPSA) is 24.5 Å². The molecule has 1 N–H and O–H groups in total. The van der Waals surface area contributed by atoms with E-state index in [0.29, 0.717) is 12.1 Å². The van der Waals surface area contributed by atoms with Gasteiger partial charge in [0.1, 0.15) is 5.75 Å². The van der Waals surface area contributed by atoms with Gasteiger partial charge in [0.2, 0.25) is 0 Å². The van der Waals surface area contributed by atoms with Gasteiger partial charge in [-0.05, 0) is 62.9 Å². The molecular weight excluding hydrogens is 248 g/mol.